The van der Waals surface area contributed by atoms with Gasteiger partial charge >= 0.3 is 0 Å². The molecule has 0 heterocycles. The second-order valence-electron chi connectivity index (χ2n) is 6.74. The van der Waals surface area contributed by atoms with Crippen molar-refractivity contribution in [2.45, 2.75) is 40.0 Å². The number of benzene rings is 2. The van der Waals surface area contributed by atoms with Crippen LogP contribution in [0.5, 0.6) is 0 Å². The Morgan fingerprint density at radius 2 is 1.37 bits per heavy atom. The second kappa shape index (κ2) is 9.67. The number of carbonyl (C=O) groups excluding carboxylic acids is 3. The van der Waals surface area contributed by atoms with Gasteiger partial charge in [0.05, 0.1) is 0 Å². The van der Waals surface area contributed by atoms with Crippen LogP contribution in [0.1, 0.15) is 49.5 Å². The number of Topliss-reactive ketones (excluding diaryl/α,β-unsaturated/α-hetero) is 1. The summed E-state index contributed by atoms with van der Waals surface area (Å²) in [6.07, 6.45) is 1.22. The quantitative estimate of drug-likeness (QED) is 0.678. The van der Waals surface area contributed by atoms with Gasteiger partial charge in [-0.25, -0.2) is 0 Å². The van der Waals surface area contributed by atoms with Crippen molar-refractivity contribution >= 4 is 29.0 Å². The van der Waals surface area contributed by atoms with Gasteiger partial charge in [-0.3, -0.25) is 14.4 Å². The van der Waals surface area contributed by atoms with Crippen molar-refractivity contribution in [1.29, 1.82) is 0 Å². The van der Waals surface area contributed by atoms with Crippen LogP contribution in [0.4, 0.5) is 11.4 Å². The highest BCUT2D eigenvalue weighted by atomic mass is 16.2. The predicted molar refractivity (Wildman–Crippen MR) is 108 cm³/mol. The van der Waals surface area contributed by atoms with Crippen LogP contribution >= 0.6 is 0 Å². The highest BCUT2D eigenvalue weighted by molar-refractivity contribution is 6.00. The zero-order valence-electron chi connectivity index (χ0n) is 16.0. The van der Waals surface area contributed by atoms with E-state index in [0.717, 1.165) is 6.42 Å². The molecular weight excluding hydrogens is 340 g/mol. The number of anilines is 2. The lowest BCUT2D eigenvalue weighted by atomic mass is 10.0. The molecule has 5 heteroatoms. The first-order valence-electron chi connectivity index (χ1n) is 9.22. The number of nitrogens with one attached hydrogen (secondary N) is 2. The van der Waals surface area contributed by atoms with Gasteiger partial charge in [0.2, 0.25) is 11.8 Å². The Bertz CT molecular complexity index is 793. The summed E-state index contributed by atoms with van der Waals surface area (Å²) in [7, 11) is 0. The molecular formula is C22H26N2O3. The molecule has 2 N–H and O–H groups in total. The van der Waals surface area contributed by atoms with Crippen molar-refractivity contribution in [1.82, 2.24) is 0 Å². The van der Waals surface area contributed by atoms with Gasteiger partial charge < -0.3 is 10.6 Å². The Morgan fingerprint density at radius 3 is 1.89 bits per heavy atom. The molecule has 0 aliphatic rings. The molecule has 0 radical (unpaired) electrons. The monoisotopic (exact) mass is 366 g/mol. The summed E-state index contributed by atoms with van der Waals surface area (Å²) in [5, 5.41) is 5.56. The summed E-state index contributed by atoms with van der Waals surface area (Å²) >= 11 is 0. The van der Waals surface area contributed by atoms with Crippen LogP contribution in [0.25, 0.3) is 0 Å². The van der Waals surface area contributed by atoms with Gasteiger partial charge in [-0.05, 0) is 36.2 Å². The lowest BCUT2D eigenvalue weighted by molar-refractivity contribution is -0.119. The fourth-order valence-electron chi connectivity index (χ4n) is 2.44. The third-order valence-corrected chi connectivity index (χ3v) is 4.22. The average Bonchev–Trinajstić information content (AvgIpc) is 2.67. The number of carbonyl (C=O) groups is 3. The van der Waals surface area contributed by atoms with Crippen molar-refractivity contribution in [2.75, 3.05) is 10.6 Å². The van der Waals surface area contributed by atoms with Crippen molar-refractivity contribution in [3.63, 3.8) is 0 Å². The molecule has 2 rings (SSSR count). The van der Waals surface area contributed by atoms with E-state index < -0.39 is 0 Å². The average molecular weight is 366 g/mol. The molecule has 0 atom stereocenters. The third kappa shape index (κ3) is 6.37. The van der Waals surface area contributed by atoms with Crippen LogP contribution in [0.2, 0.25) is 0 Å². The zero-order chi connectivity index (χ0) is 19.8. The predicted octanol–water partition coefficient (Wildman–Crippen LogP) is 4.45. The summed E-state index contributed by atoms with van der Waals surface area (Å²) in [5.74, 6) is -0.413. The minimum atomic E-state index is -0.215. The van der Waals surface area contributed by atoms with Crippen molar-refractivity contribution in [3.05, 3.63) is 59.7 Å². The number of amides is 2. The number of ketones is 1. The number of rotatable bonds is 8. The largest absolute Gasteiger partial charge is 0.326 e. The maximum Gasteiger partial charge on any atom is 0.226 e. The topological polar surface area (TPSA) is 75.3 Å². The Hall–Kier alpha value is -2.95. The van der Waals surface area contributed by atoms with E-state index in [-0.39, 0.29) is 36.4 Å². The Balaban J connectivity index is 1.82. The van der Waals surface area contributed by atoms with E-state index in [1.54, 1.807) is 24.3 Å². The Kier molecular flexibility index (Phi) is 7.29. The third-order valence-electron chi connectivity index (χ3n) is 4.22. The van der Waals surface area contributed by atoms with Crippen molar-refractivity contribution in [3.8, 4) is 0 Å². The maximum absolute atomic E-state index is 12.2. The molecule has 0 aromatic heterocycles. The fraction of sp³-hybridized carbons (Fsp3) is 0.318. The van der Waals surface area contributed by atoms with Crippen LogP contribution in [0.3, 0.4) is 0 Å². The molecule has 0 saturated carbocycles. The normalized spacial score (nSPS) is 10.5. The molecule has 5 nitrogen and oxygen atoms in total. The molecule has 2 aromatic rings. The minimum absolute atomic E-state index is 0.0421. The Morgan fingerprint density at radius 1 is 0.815 bits per heavy atom. The molecule has 0 aliphatic carbocycles. The summed E-state index contributed by atoms with van der Waals surface area (Å²) < 4.78 is 0. The van der Waals surface area contributed by atoms with Gasteiger partial charge in [-0.2, -0.15) is 0 Å². The van der Waals surface area contributed by atoms with E-state index in [2.05, 4.69) is 17.6 Å². The van der Waals surface area contributed by atoms with Crippen LogP contribution in [0.15, 0.2) is 48.5 Å². The lowest BCUT2D eigenvalue weighted by Crippen LogP contribution is -2.17. The van der Waals surface area contributed by atoms with Gasteiger partial charge in [-0.15, -0.1) is 0 Å². The zero-order valence-corrected chi connectivity index (χ0v) is 16.0. The summed E-state index contributed by atoms with van der Waals surface area (Å²) in [6, 6.07) is 14.4. The van der Waals surface area contributed by atoms with Crippen LogP contribution in [-0.2, 0) is 16.0 Å². The van der Waals surface area contributed by atoms with E-state index in [9.17, 15) is 14.4 Å². The van der Waals surface area contributed by atoms with Gasteiger partial charge in [0, 0.05) is 35.7 Å². The number of hydrogen-bond donors (Lipinski definition) is 2. The smallest absolute Gasteiger partial charge is 0.226 e. The molecule has 0 bridgehead atoms. The fourth-order valence-corrected chi connectivity index (χ4v) is 2.44. The van der Waals surface area contributed by atoms with Gasteiger partial charge in [0.25, 0.3) is 0 Å². The highest BCUT2D eigenvalue weighted by Crippen LogP contribution is 2.15. The maximum atomic E-state index is 12.2. The SMILES string of the molecule is CCc1ccc(C(=O)CCC(=O)Nc2ccc(NC(=O)C(C)C)cc2)cc1. The number of aryl methyl sites for hydroxylation is 1. The highest BCUT2D eigenvalue weighted by Gasteiger charge is 2.10. The van der Waals surface area contributed by atoms with Gasteiger partial charge in [0.15, 0.2) is 5.78 Å². The lowest BCUT2D eigenvalue weighted by Gasteiger charge is -2.09. The molecule has 27 heavy (non-hydrogen) atoms. The van der Waals surface area contributed by atoms with Crippen LogP contribution in [0, 0.1) is 5.92 Å². The van der Waals surface area contributed by atoms with Crippen molar-refractivity contribution in [2.24, 2.45) is 5.92 Å². The molecule has 0 aliphatic heterocycles. The van der Waals surface area contributed by atoms with E-state index in [1.807, 2.05) is 38.1 Å². The molecule has 2 aromatic carbocycles. The van der Waals surface area contributed by atoms with E-state index in [1.165, 1.54) is 5.56 Å². The Labute approximate surface area is 160 Å². The van der Waals surface area contributed by atoms with E-state index >= 15 is 0 Å². The molecule has 0 saturated heterocycles. The molecule has 0 spiro atoms. The van der Waals surface area contributed by atoms with Crippen molar-refractivity contribution < 1.29 is 14.4 Å². The van der Waals surface area contributed by atoms with Gasteiger partial charge in [0.1, 0.15) is 0 Å². The molecule has 2 amide bonds. The molecule has 0 unspecified atom stereocenters. The molecule has 0 fully saturated rings. The number of hydrogen-bond acceptors (Lipinski definition) is 3. The van der Waals surface area contributed by atoms with E-state index in [0.29, 0.717) is 16.9 Å². The first-order chi connectivity index (χ1) is 12.9. The summed E-state index contributed by atoms with van der Waals surface area (Å²) in [4.78, 5) is 35.9. The molecule has 142 valence electrons. The van der Waals surface area contributed by atoms with E-state index in [4.69, 9.17) is 0 Å². The van der Waals surface area contributed by atoms with Gasteiger partial charge in [-0.1, -0.05) is 45.0 Å². The summed E-state index contributed by atoms with van der Waals surface area (Å²) in [6.45, 7) is 5.71. The van der Waals surface area contributed by atoms with Crippen LogP contribution in [-0.4, -0.2) is 17.6 Å². The first kappa shape index (κ1) is 20.4. The minimum Gasteiger partial charge on any atom is -0.326 e. The standard InChI is InChI=1S/C22H26N2O3/c1-4-16-5-7-17(8-6-16)20(25)13-14-21(26)23-18-9-11-19(12-10-18)24-22(27)15(2)3/h5-12,15H,4,13-14H2,1-3H3,(H,23,26)(H,24,27). The second-order valence-corrected chi connectivity index (χ2v) is 6.74. The first-order valence-corrected chi connectivity index (χ1v) is 9.22. The summed E-state index contributed by atoms with van der Waals surface area (Å²) in [5.41, 5.74) is 3.11. The van der Waals surface area contributed by atoms with Crippen LogP contribution < -0.4 is 10.6 Å².